The molecule has 5 nitrogen and oxygen atoms in total. The molecule has 27 heavy (non-hydrogen) atoms. The van der Waals surface area contributed by atoms with Crippen LogP contribution in [0.3, 0.4) is 0 Å². The summed E-state index contributed by atoms with van der Waals surface area (Å²) in [6, 6.07) is 12.3. The predicted octanol–water partition coefficient (Wildman–Crippen LogP) is 2.71. The van der Waals surface area contributed by atoms with E-state index in [1.54, 1.807) is 6.07 Å². The van der Waals surface area contributed by atoms with Crippen molar-refractivity contribution in [1.29, 1.82) is 0 Å². The van der Waals surface area contributed by atoms with Crippen LogP contribution in [0.1, 0.15) is 28.8 Å². The largest absolute Gasteiger partial charge is 0.381 e. The van der Waals surface area contributed by atoms with Gasteiger partial charge in [0, 0.05) is 37.0 Å². The highest BCUT2D eigenvalue weighted by molar-refractivity contribution is 7.90. The van der Waals surface area contributed by atoms with Crippen molar-refractivity contribution in [2.75, 3.05) is 26.0 Å². The third kappa shape index (κ3) is 4.54. The van der Waals surface area contributed by atoms with Crippen LogP contribution >= 0.6 is 0 Å². The Bertz CT molecular complexity index is 919. The van der Waals surface area contributed by atoms with Crippen LogP contribution in [0.4, 0.5) is 4.39 Å². The average molecular weight is 391 g/mol. The van der Waals surface area contributed by atoms with Crippen molar-refractivity contribution in [3.63, 3.8) is 0 Å². The van der Waals surface area contributed by atoms with E-state index in [9.17, 15) is 17.6 Å². The molecule has 3 rings (SSSR count). The molecule has 0 unspecified atom stereocenters. The molecule has 0 aliphatic carbocycles. The lowest BCUT2D eigenvalue weighted by molar-refractivity contribution is 0.0486. The molecule has 2 aromatic carbocycles. The van der Waals surface area contributed by atoms with E-state index in [1.807, 2.05) is 6.07 Å². The summed E-state index contributed by atoms with van der Waals surface area (Å²) in [5.41, 5.74) is 0.838. The second-order valence-electron chi connectivity index (χ2n) is 6.88. The number of rotatable bonds is 5. The first-order chi connectivity index (χ1) is 12.8. The first-order valence-electron chi connectivity index (χ1n) is 8.72. The van der Waals surface area contributed by atoms with Crippen LogP contribution in [0.5, 0.6) is 0 Å². The quantitative estimate of drug-likeness (QED) is 0.851. The van der Waals surface area contributed by atoms with E-state index in [0.717, 1.165) is 11.8 Å². The molecule has 2 aromatic rings. The Morgan fingerprint density at radius 3 is 2.41 bits per heavy atom. The SMILES string of the molecule is CS(=O)(=O)c1ccc(C(=O)NCC2(c3cccc(F)c3)CCOCC2)cc1. The molecule has 1 N–H and O–H groups in total. The van der Waals surface area contributed by atoms with Gasteiger partial charge < -0.3 is 10.1 Å². The van der Waals surface area contributed by atoms with Crippen molar-refractivity contribution in [2.45, 2.75) is 23.2 Å². The summed E-state index contributed by atoms with van der Waals surface area (Å²) in [5, 5.41) is 2.92. The molecule has 7 heteroatoms. The molecule has 144 valence electrons. The number of nitrogens with one attached hydrogen (secondary N) is 1. The predicted molar refractivity (Wildman–Crippen MR) is 100 cm³/mol. The van der Waals surface area contributed by atoms with E-state index in [1.165, 1.54) is 36.4 Å². The average Bonchev–Trinajstić information content (AvgIpc) is 2.66. The van der Waals surface area contributed by atoms with Gasteiger partial charge in [-0.05, 0) is 54.8 Å². The first kappa shape index (κ1) is 19.5. The summed E-state index contributed by atoms with van der Waals surface area (Å²) < 4.78 is 42.2. The minimum absolute atomic E-state index is 0.166. The standard InChI is InChI=1S/C20H22FNO4S/c1-27(24,25)18-7-5-15(6-8-18)19(23)22-14-20(9-11-26-12-10-20)16-3-2-4-17(21)13-16/h2-8,13H,9-12,14H2,1H3,(H,22,23). The lowest BCUT2D eigenvalue weighted by atomic mass is 9.74. The number of amides is 1. The van der Waals surface area contributed by atoms with Crippen molar-refractivity contribution < 1.29 is 22.3 Å². The third-order valence-electron chi connectivity index (χ3n) is 5.02. The molecule has 0 bridgehead atoms. The van der Waals surface area contributed by atoms with Gasteiger partial charge in [-0.2, -0.15) is 0 Å². The maximum absolute atomic E-state index is 13.7. The molecule has 0 aromatic heterocycles. The zero-order valence-electron chi connectivity index (χ0n) is 15.1. The van der Waals surface area contributed by atoms with Gasteiger partial charge in [-0.3, -0.25) is 4.79 Å². The zero-order chi connectivity index (χ0) is 19.5. The van der Waals surface area contributed by atoms with Crippen LogP contribution < -0.4 is 5.32 Å². The number of halogens is 1. The van der Waals surface area contributed by atoms with Crippen molar-refractivity contribution >= 4 is 15.7 Å². The van der Waals surface area contributed by atoms with Gasteiger partial charge in [0.15, 0.2) is 9.84 Å². The lowest BCUT2D eigenvalue weighted by Gasteiger charge is -2.38. The Kier molecular flexibility index (Phi) is 5.62. The highest BCUT2D eigenvalue weighted by Crippen LogP contribution is 2.34. The van der Waals surface area contributed by atoms with E-state index in [0.29, 0.717) is 38.2 Å². The van der Waals surface area contributed by atoms with Crippen molar-refractivity contribution in [2.24, 2.45) is 0 Å². The monoisotopic (exact) mass is 391 g/mol. The van der Waals surface area contributed by atoms with Gasteiger partial charge >= 0.3 is 0 Å². The maximum atomic E-state index is 13.7. The number of benzene rings is 2. The summed E-state index contributed by atoms with van der Waals surface area (Å²) in [6.07, 6.45) is 2.49. The Hall–Kier alpha value is -2.25. The minimum atomic E-state index is -3.31. The number of sulfone groups is 1. The molecule has 0 atom stereocenters. The molecule has 1 aliphatic heterocycles. The fourth-order valence-corrected chi connectivity index (χ4v) is 3.98. The highest BCUT2D eigenvalue weighted by Gasteiger charge is 2.35. The zero-order valence-corrected chi connectivity index (χ0v) is 15.9. The van der Waals surface area contributed by atoms with Crippen LogP contribution in [0.15, 0.2) is 53.4 Å². The van der Waals surface area contributed by atoms with Gasteiger partial charge in [0.1, 0.15) is 5.82 Å². The normalized spacial score (nSPS) is 16.7. The number of hydrogen-bond acceptors (Lipinski definition) is 4. The number of carbonyl (C=O) groups excluding carboxylic acids is 1. The fraction of sp³-hybridized carbons (Fsp3) is 0.350. The minimum Gasteiger partial charge on any atom is -0.381 e. The summed E-state index contributed by atoms with van der Waals surface area (Å²) in [7, 11) is -3.31. The van der Waals surface area contributed by atoms with Crippen LogP contribution in [-0.4, -0.2) is 40.3 Å². The van der Waals surface area contributed by atoms with E-state index in [2.05, 4.69) is 5.32 Å². The van der Waals surface area contributed by atoms with Crippen LogP contribution in [-0.2, 0) is 20.0 Å². The van der Waals surface area contributed by atoms with E-state index in [4.69, 9.17) is 4.74 Å². The molecule has 0 spiro atoms. The molecule has 0 saturated carbocycles. The van der Waals surface area contributed by atoms with Crippen LogP contribution in [0.2, 0.25) is 0 Å². The van der Waals surface area contributed by atoms with Crippen molar-refractivity contribution in [3.05, 3.63) is 65.5 Å². The van der Waals surface area contributed by atoms with Gasteiger partial charge in [0.05, 0.1) is 4.90 Å². The van der Waals surface area contributed by atoms with Crippen molar-refractivity contribution in [3.8, 4) is 0 Å². The number of carbonyl (C=O) groups is 1. The Labute approximate surface area is 158 Å². The molecular formula is C20H22FNO4S. The van der Waals surface area contributed by atoms with Gasteiger partial charge in [-0.25, -0.2) is 12.8 Å². The maximum Gasteiger partial charge on any atom is 0.251 e. The van der Waals surface area contributed by atoms with Gasteiger partial charge in [-0.15, -0.1) is 0 Å². The number of hydrogen-bond donors (Lipinski definition) is 1. The third-order valence-corrected chi connectivity index (χ3v) is 6.15. The summed E-state index contributed by atoms with van der Waals surface area (Å²) in [6.45, 7) is 1.46. The Morgan fingerprint density at radius 2 is 1.81 bits per heavy atom. The topological polar surface area (TPSA) is 72.5 Å². The smallest absolute Gasteiger partial charge is 0.251 e. The molecular weight excluding hydrogens is 369 g/mol. The summed E-state index contributed by atoms with van der Waals surface area (Å²) in [4.78, 5) is 12.7. The number of ether oxygens (including phenoxy) is 1. The molecule has 1 amide bonds. The first-order valence-corrected chi connectivity index (χ1v) is 10.6. The van der Waals surface area contributed by atoms with E-state index in [-0.39, 0.29) is 22.0 Å². The lowest BCUT2D eigenvalue weighted by Crippen LogP contribution is -2.44. The van der Waals surface area contributed by atoms with E-state index < -0.39 is 9.84 Å². The molecule has 1 aliphatic rings. The van der Waals surface area contributed by atoms with Crippen LogP contribution in [0, 0.1) is 5.82 Å². The van der Waals surface area contributed by atoms with Crippen molar-refractivity contribution in [1.82, 2.24) is 5.32 Å². The second-order valence-corrected chi connectivity index (χ2v) is 8.90. The fourth-order valence-electron chi connectivity index (χ4n) is 3.35. The molecule has 1 heterocycles. The van der Waals surface area contributed by atoms with Gasteiger partial charge in [-0.1, -0.05) is 12.1 Å². The highest BCUT2D eigenvalue weighted by atomic mass is 32.2. The molecule has 0 radical (unpaired) electrons. The van der Waals surface area contributed by atoms with Gasteiger partial charge in [0.2, 0.25) is 0 Å². The second kappa shape index (κ2) is 7.78. The van der Waals surface area contributed by atoms with Crippen LogP contribution in [0.25, 0.3) is 0 Å². The molecule has 1 fully saturated rings. The van der Waals surface area contributed by atoms with E-state index >= 15 is 0 Å². The molecule has 1 saturated heterocycles. The van der Waals surface area contributed by atoms with Gasteiger partial charge in [0.25, 0.3) is 5.91 Å². The Morgan fingerprint density at radius 1 is 1.15 bits per heavy atom. The summed E-state index contributed by atoms with van der Waals surface area (Å²) >= 11 is 0. The Balaban J connectivity index is 1.76. The summed E-state index contributed by atoms with van der Waals surface area (Å²) in [5.74, 6) is -0.599.